The van der Waals surface area contributed by atoms with E-state index in [-0.39, 0.29) is 11.7 Å². The zero-order valence-corrected chi connectivity index (χ0v) is 22.1. The summed E-state index contributed by atoms with van der Waals surface area (Å²) in [6, 6.07) is 16.1. The summed E-state index contributed by atoms with van der Waals surface area (Å²) in [4.78, 5) is 29.8. The lowest BCUT2D eigenvalue weighted by Gasteiger charge is -2.21. The van der Waals surface area contributed by atoms with Gasteiger partial charge in [0.2, 0.25) is 5.91 Å². The number of nitrogens with zero attached hydrogens (tertiary/aromatic N) is 4. The summed E-state index contributed by atoms with van der Waals surface area (Å²) in [6.07, 6.45) is 7.62. The van der Waals surface area contributed by atoms with Gasteiger partial charge in [-0.25, -0.2) is 14.4 Å². The first-order valence-electron chi connectivity index (χ1n) is 13.7. The number of H-pyrrole nitrogens is 2. The van der Waals surface area contributed by atoms with Gasteiger partial charge >= 0.3 is 0 Å². The minimum absolute atomic E-state index is 0.00131. The van der Waals surface area contributed by atoms with E-state index >= 15 is 0 Å². The number of halogens is 1. The van der Waals surface area contributed by atoms with E-state index in [2.05, 4.69) is 35.8 Å². The van der Waals surface area contributed by atoms with Gasteiger partial charge in [-0.1, -0.05) is 12.1 Å². The molecule has 41 heavy (non-hydrogen) atoms. The Bertz CT molecular complexity index is 1890. The Morgan fingerprint density at radius 1 is 1.02 bits per heavy atom. The normalized spacial score (nSPS) is 14.1. The highest BCUT2D eigenvalue weighted by Crippen LogP contribution is 2.33. The molecule has 0 atom stereocenters. The van der Waals surface area contributed by atoms with Crippen LogP contribution in [0.3, 0.4) is 0 Å². The molecule has 0 aliphatic carbocycles. The number of rotatable bonds is 6. The molecule has 204 valence electrons. The second kappa shape index (κ2) is 10.5. The summed E-state index contributed by atoms with van der Waals surface area (Å²) in [5, 5.41) is 14.8. The molecule has 1 fully saturated rings. The van der Waals surface area contributed by atoms with E-state index in [9.17, 15) is 9.18 Å². The highest BCUT2D eigenvalue weighted by atomic mass is 19.1. The fourth-order valence-electron chi connectivity index (χ4n) is 5.52. The highest BCUT2D eigenvalue weighted by Gasteiger charge is 2.18. The summed E-state index contributed by atoms with van der Waals surface area (Å²) in [5.41, 5.74) is 7.28. The van der Waals surface area contributed by atoms with Crippen LogP contribution < -0.4 is 10.6 Å². The van der Waals surface area contributed by atoms with E-state index in [1.807, 2.05) is 36.4 Å². The molecule has 4 N–H and O–H groups in total. The summed E-state index contributed by atoms with van der Waals surface area (Å²) in [5.74, 6) is 0.111. The second-order valence-corrected chi connectivity index (χ2v) is 10.4. The molecule has 0 bridgehead atoms. The summed E-state index contributed by atoms with van der Waals surface area (Å²) in [6.45, 7) is 1.92. The molecule has 5 aromatic heterocycles. The third kappa shape index (κ3) is 5.05. The number of benzene rings is 1. The molecule has 0 radical (unpaired) electrons. The number of aromatic amines is 2. The number of piperidine rings is 1. The molecule has 10 heteroatoms. The third-order valence-electron chi connectivity index (χ3n) is 7.58. The standard InChI is InChI=1S/C31H27FN8O/c32-21-3-1-2-19(13-21)23-8-11-35-31-24(23)15-27(38-31)30-29-26(39-40-30)5-4-25(37-29)20-14-22(17-34-16-20)36-28(41)12-18-6-9-33-10-7-18/h1-5,8,11,13-18,33H,6-7,9-10,12H2,(H,35,38)(H,36,41)(H,39,40). The largest absolute Gasteiger partial charge is 0.338 e. The lowest BCUT2D eigenvalue weighted by molar-refractivity contribution is -0.117. The van der Waals surface area contributed by atoms with Crippen LogP contribution in [-0.4, -0.2) is 49.1 Å². The predicted molar refractivity (Wildman–Crippen MR) is 156 cm³/mol. The summed E-state index contributed by atoms with van der Waals surface area (Å²) < 4.78 is 13.9. The van der Waals surface area contributed by atoms with Crippen LogP contribution in [0.2, 0.25) is 0 Å². The van der Waals surface area contributed by atoms with Crippen molar-refractivity contribution in [2.75, 3.05) is 18.4 Å². The van der Waals surface area contributed by atoms with Gasteiger partial charge < -0.3 is 15.6 Å². The maximum atomic E-state index is 13.9. The molecule has 0 unspecified atom stereocenters. The Morgan fingerprint density at radius 2 is 1.93 bits per heavy atom. The lowest BCUT2D eigenvalue weighted by Crippen LogP contribution is -2.30. The van der Waals surface area contributed by atoms with Crippen molar-refractivity contribution in [1.29, 1.82) is 0 Å². The highest BCUT2D eigenvalue weighted by molar-refractivity contribution is 5.99. The van der Waals surface area contributed by atoms with Gasteiger partial charge in [-0.2, -0.15) is 5.10 Å². The number of hydrogen-bond acceptors (Lipinski definition) is 6. The Morgan fingerprint density at radius 3 is 2.80 bits per heavy atom. The number of anilines is 1. The van der Waals surface area contributed by atoms with Crippen molar-refractivity contribution in [3.05, 3.63) is 79.0 Å². The van der Waals surface area contributed by atoms with E-state index < -0.39 is 0 Å². The number of amides is 1. The maximum Gasteiger partial charge on any atom is 0.224 e. The van der Waals surface area contributed by atoms with Gasteiger partial charge in [0.15, 0.2) is 0 Å². The van der Waals surface area contributed by atoms with Crippen LogP contribution in [-0.2, 0) is 4.79 Å². The van der Waals surface area contributed by atoms with Crippen LogP contribution in [0, 0.1) is 11.7 Å². The van der Waals surface area contributed by atoms with E-state index in [1.54, 1.807) is 24.7 Å². The van der Waals surface area contributed by atoms with Gasteiger partial charge in [0.25, 0.3) is 0 Å². The third-order valence-corrected chi connectivity index (χ3v) is 7.58. The minimum Gasteiger partial charge on any atom is -0.338 e. The Hall–Kier alpha value is -4.96. The molecule has 6 heterocycles. The van der Waals surface area contributed by atoms with Crippen molar-refractivity contribution in [2.24, 2.45) is 5.92 Å². The smallest absolute Gasteiger partial charge is 0.224 e. The fraction of sp³-hybridized carbons (Fsp3) is 0.194. The van der Waals surface area contributed by atoms with Gasteiger partial charge in [0, 0.05) is 29.8 Å². The zero-order valence-electron chi connectivity index (χ0n) is 22.1. The monoisotopic (exact) mass is 546 g/mol. The number of carbonyl (C=O) groups excluding carboxylic acids is 1. The van der Waals surface area contributed by atoms with Crippen LogP contribution in [0.15, 0.2) is 73.2 Å². The van der Waals surface area contributed by atoms with Crippen molar-refractivity contribution >= 4 is 33.7 Å². The molecule has 1 saturated heterocycles. The summed E-state index contributed by atoms with van der Waals surface area (Å²) >= 11 is 0. The van der Waals surface area contributed by atoms with Crippen molar-refractivity contribution in [1.82, 2.24) is 35.5 Å². The molecular weight excluding hydrogens is 519 g/mol. The van der Waals surface area contributed by atoms with Gasteiger partial charge in [0.05, 0.1) is 28.8 Å². The predicted octanol–water partition coefficient (Wildman–Crippen LogP) is 5.70. The zero-order chi connectivity index (χ0) is 27.8. The molecule has 0 saturated carbocycles. The van der Waals surface area contributed by atoms with E-state index in [0.717, 1.165) is 59.2 Å². The average Bonchev–Trinajstić information content (AvgIpc) is 3.61. The number of pyridine rings is 3. The number of hydrogen-bond donors (Lipinski definition) is 4. The number of fused-ring (bicyclic) bond motifs is 2. The topological polar surface area (TPSA) is 124 Å². The van der Waals surface area contributed by atoms with E-state index in [1.165, 1.54) is 12.1 Å². The van der Waals surface area contributed by atoms with E-state index in [4.69, 9.17) is 4.98 Å². The summed E-state index contributed by atoms with van der Waals surface area (Å²) in [7, 11) is 0. The molecule has 6 aromatic rings. The number of nitrogens with one attached hydrogen (secondary N) is 4. The van der Waals surface area contributed by atoms with E-state index in [0.29, 0.717) is 40.6 Å². The minimum atomic E-state index is -0.293. The first kappa shape index (κ1) is 25.0. The van der Waals surface area contributed by atoms with Crippen molar-refractivity contribution < 1.29 is 9.18 Å². The molecular formula is C31H27FN8O. The number of carbonyl (C=O) groups is 1. The molecule has 1 aliphatic rings. The second-order valence-electron chi connectivity index (χ2n) is 10.4. The molecule has 1 aromatic carbocycles. The van der Waals surface area contributed by atoms with Gasteiger partial charge in [-0.15, -0.1) is 0 Å². The van der Waals surface area contributed by atoms with Crippen LogP contribution >= 0.6 is 0 Å². The average molecular weight is 547 g/mol. The van der Waals surface area contributed by atoms with Gasteiger partial charge in [-0.05, 0) is 85.4 Å². The quantitative estimate of drug-likeness (QED) is 0.213. The molecule has 0 spiro atoms. The van der Waals surface area contributed by atoms with Crippen LogP contribution in [0.25, 0.3) is 55.8 Å². The van der Waals surface area contributed by atoms with Gasteiger partial charge in [0.1, 0.15) is 22.7 Å². The Balaban J connectivity index is 1.19. The Labute approximate surface area is 234 Å². The lowest BCUT2D eigenvalue weighted by atomic mass is 9.94. The van der Waals surface area contributed by atoms with Crippen molar-refractivity contribution in [3.8, 4) is 33.8 Å². The first-order chi connectivity index (χ1) is 20.1. The molecule has 9 nitrogen and oxygen atoms in total. The fourth-order valence-corrected chi connectivity index (χ4v) is 5.52. The molecule has 1 aliphatic heterocycles. The maximum absolute atomic E-state index is 13.9. The van der Waals surface area contributed by atoms with Crippen LogP contribution in [0.5, 0.6) is 0 Å². The Kier molecular flexibility index (Phi) is 6.44. The SMILES string of the molecule is O=C(CC1CCNCC1)Nc1cncc(-c2ccc3[nH]nc(-c4cc5c(-c6cccc(F)c6)ccnc5[nH]4)c3n2)c1. The van der Waals surface area contributed by atoms with Crippen molar-refractivity contribution in [3.63, 3.8) is 0 Å². The van der Waals surface area contributed by atoms with Crippen LogP contribution in [0.4, 0.5) is 10.1 Å². The molecule has 7 rings (SSSR count). The van der Waals surface area contributed by atoms with Crippen LogP contribution in [0.1, 0.15) is 19.3 Å². The number of aromatic nitrogens is 6. The first-order valence-corrected chi connectivity index (χ1v) is 13.7. The molecule has 1 amide bonds. The van der Waals surface area contributed by atoms with Gasteiger partial charge in [-0.3, -0.25) is 14.9 Å². The van der Waals surface area contributed by atoms with Crippen molar-refractivity contribution in [2.45, 2.75) is 19.3 Å².